The number of rotatable bonds is 10. The number of amides is 2. The summed E-state index contributed by atoms with van der Waals surface area (Å²) in [5, 5.41) is 12.0. The van der Waals surface area contributed by atoms with E-state index in [1.54, 1.807) is 4.90 Å². The highest BCUT2D eigenvalue weighted by molar-refractivity contribution is 5.80. The third kappa shape index (κ3) is 5.19. The molecule has 0 aromatic heterocycles. The van der Waals surface area contributed by atoms with E-state index in [-0.39, 0.29) is 55.8 Å². The molecule has 0 bridgehead atoms. The SMILES string of the molecule is O=C(O)CCN(C(=O)CC(NC(=O)OCC1c2ccccc2-c2ccccc21)C1CCC1)C1CC1. The highest BCUT2D eigenvalue weighted by atomic mass is 16.5. The summed E-state index contributed by atoms with van der Waals surface area (Å²) < 4.78 is 5.72. The number of benzene rings is 2. The van der Waals surface area contributed by atoms with E-state index >= 15 is 0 Å². The van der Waals surface area contributed by atoms with Crippen LogP contribution < -0.4 is 5.32 Å². The standard InChI is InChI=1S/C28H32N2O5/c31-26(30(19-12-13-19)15-14-27(32)33)16-25(18-6-5-7-18)29-28(34)35-17-24-22-10-3-1-8-20(22)21-9-2-4-11-23(21)24/h1-4,8-11,18-19,24-25H,5-7,12-17H2,(H,29,34)(H,32,33). The minimum absolute atomic E-state index is 0.0155. The van der Waals surface area contributed by atoms with Crippen molar-refractivity contribution in [3.05, 3.63) is 59.7 Å². The predicted molar refractivity (Wildman–Crippen MR) is 131 cm³/mol. The van der Waals surface area contributed by atoms with Crippen molar-refractivity contribution in [2.45, 2.75) is 62.9 Å². The summed E-state index contributed by atoms with van der Waals surface area (Å²) in [7, 11) is 0. The highest BCUT2D eigenvalue weighted by Crippen LogP contribution is 2.44. The van der Waals surface area contributed by atoms with Crippen molar-refractivity contribution < 1.29 is 24.2 Å². The van der Waals surface area contributed by atoms with Crippen LogP contribution >= 0.6 is 0 Å². The van der Waals surface area contributed by atoms with E-state index in [9.17, 15) is 14.4 Å². The second-order valence-corrected chi connectivity index (χ2v) is 9.93. The largest absolute Gasteiger partial charge is 0.481 e. The van der Waals surface area contributed by atoms with E-state index in [0.717, 1.165) is 43.2 Å². The molecule has 2 saturated carbocycles. The van der Waals surface area contributed by atoms with Crippen LogP contribution in [0.25, 0.3) is 11.1 Å². The summed E-state index contributed by atoms with van der Waals surface area (Å²) in [4.78, 5) is 38.6. The van der Waals surface area contributed by atoms with Crippen molar-refractivity contribution >= 4 is 18.0 Å². The van der Waals surface area contributed by atoms with Gasteiger partial charge >= 0.3 is 12.1 Å². The minimum atomic E-state index is -0.907. The van der Waals surface area contributed by atoms with Crippen LogP contribution in [0.5, 0.6) is 0 Å². The second kappa shape index (κ2) is 10.1. The van der Waals surface area contributed by atoms with Gasteiger partial charge in [0.1, 0.15) is 6.61 Å². The molecule has 0 radical (unpaired) electrons. The van der Waals surface area contributed by atoms with Gasteiger partial charge in [0.15, 0.2) is 0 Å². The van der Waals surface area contributed by atoms with Crippen molar-refractivity contribution in [1.82, 2.24) is 10.2 Å². The Morgan fingerprint density at radius 3 is 2.14 bits per heavy atom. The number of alkyl carbamates (subject to hydrolysis) is 1. The number of hydrogen-bond acceptors (Lipinski definition) is 4. The smallest absolute Gasteiger partial charge is 0.407 e. The third-order valence-electron chi connectivity index (χ3n) is 7.63. The molecule has 3 aliphatic carbocycles. The van der Waals surface area contributed by atoms with Gasteiger partial charge < -0.3 is 20.1 Å². The number of nitrogens with zero attached hydrogens (tertiary/aromatic N) is 1. The fraction of sp³-hybridized carbons (Fsp3) is 0.464. The van der Waals surface area contributed by atoms with Gasteiger partial charge in [-0.25, -0.2) is 4.79 Å². The van der Waals surface area contributed by atoms with Crippen LogP contribution in [0.2, 0.25) is 0 Å². The summed E-state index contributed by atoms with van der Waals surface area (Å²) in [5.74, 6) is -0.751. The van der Waals surface area contributed by atoms with Crippen molar-refractivity contribution in [3.63, 3.8) is 0 Å². The number of carbonyl (C=O) groups is 3. The van der Waals surface area contributed by atoms with Gasteiger partial charge in [-0.15, -0.1) is 0 Å². The van der Waals surface area contributed by atoms with Gasteiger partial charge in [0.05, 0.1) is 6.42 Å². The number of carbonyl (C=O) groups excluding carboxylic acids is 2. The van der Waals surface area contributed by atoms with Crippen molar-refractivity contribution in [3.8, 4) is 11.1 Å². The Kier molecular flexibility index (Phi) is 6.75. The molecule has 0 saturated heterocycles. The van der Waals surface area contributed by atoms with E-state index in [0.29, 0.717) is 0 Å². The molecule has 35 heavy (non-hydrogen) atoms. The van der Waals surface area contributed by atoms with E-state index in [4.69, 9.17) is 9.84 Å². The number of nitrogens with one attached hydrogen (secondary N) is 1. The third-order valence-corrected chi connectivity index (χ3v) is 7.63. The number of carboxylic acids is 1. The minimum Gasteiger partial charge on any atom is -0.481 e. The number of hydrogen-bond donors (Lipinski definition) is 2. The Morgan fingerprint density at radius 1 is 0.971 bits per heavy atom. The first-order valence-electron chi connectivity index (χ1n) is 12.6. The Bertz CT molecular complexity index is 1060. The first-order chi connectivity index (χ1) is 17.0. The molecule has 1 atom stereocenters. The van der Waals surface area contributed by atoms with Gasteiger partial charge in [-0.05, 0) is 53.9 Å². The van der Waals surface area contributed by atoms with E-state index in [1.807, 2.05) is 24.3 Å². The maximum absolute atomic E-state index is 13.1. The maximum Gasteiger partial charge on any atom is 0.407 e. The topological polar surface area (TPSA) is 95.9 Å². The fourth-order valence-electron chi connectivity index (χ4n) is 5.39. The zero-order chi connectivity index (χ0) is 24.4. The van der Waals surface area contributed by atoms with Gasteiger partial charge in [0, 0.05) is 31.0 Å². The second-order valence-electron chi connectivity index (χ2n) is 9.93. The molecule has 0 spiro atoms. The monoisotopic (exact) mass is 476 g/mol. The molecular weight excluding hydrogens is 444 g/mol. The summed E-state index contributed by atoms with van der Waals surface area (Å²) in [6.07, 6.45) is 4.49. The fourth-order valence-corrected chi connectivity index (χ4v) is 5.39. The summed E-state index contributed by atoms with van der Waals surface area (Å²) in [6.45, 7) is 0.458. The van der Waals surface area contributed by atoms with Crippen LogP contribution in [0, 0.1) is 5.92 Å². The molecular formula is C28H32N2O5. The Balaban J connectivity index is 1.21. The lowest BCUT2D eigenvalue weighted by molar-refractivity contribution is -0.139. The van der Waals surface area contributed by atoms with Crippen LogP contribution in [0.3, 0.4) is 0 Å². The summed E-state index contributed by atoms with van der Waals surface area (Å²) >= 11 is 0. The Hall–Kier alpha value is -3.35. The summed E-state index contributed by atoms with van der Waals surface area (Å²) in [6, 6.07) is 16.3. The number of ether oxygens (including phenoxy) is 1. The summed E-state index contributed by atoms with van der Waals surface area (Å²) in [5.41, 5.74) is 4.67. The molecule has 3 aliphatic rings. The molecule has 2 fully saturated rings. The normalized spacial score (nSPS) is 17.6. The molecule has 7 heteroatoms. The van der Waals surface area contributed by atoms with Gasteiger partial charge in [-0.2, -0.15) is 0 Å². The van der Waals surface area contributed by atoms with Gasteiger partial charge in [-0.1, -0.05) is 55.0 Å². The lowest BCUT2D eigenvalue weighted by atomic mass is 9.78. The molecule has 184 valence electrons. The molecule has 0 heterocycles. The number of carboxylic acid groups (broad SMARTS) is 1. The lowest BCUT2D eigenvalue weighted by Crippen LogP contribution is -2.47. The quantitative estimate of drug-likeness (QED) is 0.525. The molecule has 2 aromatic rings. The van der Waals surface area contributed by atoms with E-state index < -0.39 is 12.1 Å². The maximum atomic E-state index is 13.1. The average Bonchev–Trinajstić information content (AvgIpc) is 3.59. The first-order valence-corrected chi connectivity index (χ1v) is 12.6. The molecule has 5 rings (SSSR count). The average molecular weight is 477 g/mol. The Morgan fingerprint density at radius 2 is 1.60 bits per heavy atom. The highest BCUT2D eigenvalue weighted by Gasteiger charge is 2.37. The van der Waals surface area contributed by atoms with Crippen molar-refractivity contribution in [2.75, 3.05) is 13.2 Å². The molecule has 0 aliphatic heterocycles. The van der Waals surface area contributed by atoms with Crippen LogP contribution in [-0.4, -0.2) is 53.2 Å². The Labute approximate surface area is 205 Å². The molecule has 2 N–H and O–H groups in total. The van der Waals surface area contributed by atoms with Gasteiger partial charge in [0.25, 0.3) is 0 Å². The van der Waals surface area contributed by atoms with Crippen LogP contribution in [0.4, 0.5) is 4.79 Å². The molecule has 2 aromatic carbocycles. The van der Waals surface area contributed by atoms with Gasteiger partial charge in [-0.3, -0.25) is 9.59 Å². The lowest BCUT2D eigenvalue weighted by Gasteiger charge is -2.35. The molecule has 1 unspecified atom stereocenters. The van der Waals surface area contributed by atoms with Crippen molar-refractivity contribution in [1.29, 1.82) is 0 Å². The zero-order valence-electron chi connectivity index (χ0n) is 19.8. The van der Waals surface area contributed by atoms with Crippen molar-refractivity contribution in [2.24, 2.45) is 5.92 Å². The van der Waals surface area contributed by atoms with E-state index in [1.165, 1.54) is 11.1 Å². The van der Waals surface area contributed by atoms with Gasteiger partial charge in [0.2, 0.25) is 5.91 Å². The predicted octanol–water partition coefficient (Wildman–Crippen LogP) is 4.55. The number of aliphatic carboxylic acids is 1. The first kappa shape index (κ1) is 23.4. The van der Waals surface area contributed by atoms with E-state index in [2.05, 4.69) is 29.6 Å². The van der Waals surface area contributed by atoms with Crippen LogP contribution in [-0.2, 0) is 14.3 Å². The molecule has 2 amide bonds. The molecule has 7 nitrogen and oxygen atoms in total. The van der Waals surface area contributed by atoms with Crippen LogP contribution in [0.15, 0.2) is 48.5 Å². The zero-order valence-corrected chi connectivity index (χ0v) is 19.8. The number of fused-ring (bicyclic) bond motifs is 3. The van der Waals surface area contributed by atoms with Crippen LogP contribution in [0.1, 0.15) is 62.0 Å².